The Balaban J connectivity index is 2.49. The summed E-state index contributed by atoms with van der Waals surface area (Å²) in [4.78, 5) is 26.0. The van der Waals surface area contributed by atoms with Crippen LogP contribution in [0.2, 0.25) is 0 Å². The smallest absolute Gasteiger partial charge is 0.328 e. The van der Waals surface area contributed by atoms with Crippen LogP contribution in [0.25, 0.3) is 0 Å². The van der Waals surface area contributed by atoms with Crippen LogP contribution in [-0.2, 0) is 9.59 Å². The van der Waals surface area contributed by atoms with Crippen molar-refractivity contribution in [2.24, 2.45) is 0 Å². The molecular weight excluding hydrogens is 220 g/mol. The molecule has 5 heteroatoms. The topological polar surface area (TPSA) is 60.9 Å². The minimum atomic E-state index is -1.09. The number of aliphatic carboxylic acids is 1. The van der Waals surface area contributed by atoms with Gasteiger partial charge < -0.3 is 10.0 Å². The number of nitrogens with zero attached hydrogens (tertiary/aromatic N) is 2. The second-order valence-electron chi connectivity index (χ2n) is 4.12. The summed E-state index contributed by atoms with van der Waals surface area (Å²) in [6.07, 6.45) is 2.99. The molecule has 5 nitrogen and oxygen atoms in total. The standard InChI is InChI=1S/C12H20N2O3/c1-3-13(4-2)10-7-8-14(9-10)11(15)5-6-12(16)17/h5-6,10H,3-4,7-9H2,1-2H3,(H,16,17). The minimum absolute atomic E-state index is 0.206. The molecular formula is C12H20N2O3. The first-order valence-electron chi connectivity index (χ1n) is 6.02. The molecule has 96 valence electrons. The highest BCUT2D eigenvalue weighted by molar-refractivity contribution is 5.94. The van der Waals surface area contributed by atoms with Crippen molar-refractivity contribution in [2.75, 3.05) is 26.2 Å². The lowest BCUT2D eigenvalue weighted by Crippen LogP contribution is -2.38. The average molecular weight is 240 g/mol. The zero-order valence-electron chi connectivity index (χ0n) is 10.4. The van der Waals surface area contributed by atoms with E-state index in [9.17, 15) is 9.59 Å². The second-order valence-corrected chi connectivity index (χ2v) is 4.12. The summed E-state index contributed by atoms with van der Waals surface area (Å²) < 4.78 is 0. The van der Waals surface area contributed by atoms with Crippen molar-refractivity contribution in [2.45, 2.75) is 26.3 Å². The summed E-state index contributed by atoms with van der Waals surface area (Å²) in [6, 6.07) is 0.409. The fourth-order valence-electron chi connectivity index (χ4n) is 2.23. The SMILES string of the molecule is CCN(CC)C1CCN(C(=O)C=CC(=O)O)C1. The highest BCUT2D eigenvalue weighted by Crippen LogP contribution is 2.15. The Morgan fingerprint density at radius 2 is 2.00 bits per heavy atom. The van der Waals surface area contributed by atoms with E-state index in [1.807, 2.05) is 0 Å². The van der Waals surface area contributed by atoms with Crippen LogP contribution in [0, 0.1) is 0 Å². The predicted octanol–water partition coefficient (Wildman–Crippen LogP) is 0.570. The van der Waals surface area contributed by atoms with Crippen molar-refractivity contribution in [3.63, 3.8) is 0 Å². The summed E-state index contributed by atoms with van der Waals surface area (Å²) in [6.45, 7) is 7.59. The Labute approximate surface area is 102 Å². The van der Waals surface area contributed by atoms with E-state index in [2.05, 4.69) is 18.7 Å². The quantitative estimate of drug-likeness (QED) is 0.714. The molecule has 1 aliphatic heterocycles. The van der Waals surface area contributed by atoms with E-state index in [0.717, 1.165) is 31.7 Å². The number of likely N-dealkylation sites (N-methyl/N-ethyl adjacent to an activating group) is 1. The molecule has 0 radical (unpaired) electrons. The number of hydrogen-bond acceptors (Lipinski definition) is 3. The molecule has 0 aromatic carbocycles. The minimum Gasteiger partial charge on any atom is -0.478 e. The molecule has 0 aromatic heterocycles. The van der Waals surface area contributed by atoms with Gasteiger partial charge in [0.05, 0.1) is 0 Å². The molecule has 0 spiro atoms. The lowest BCUT2D eigenvalue weighted by molar-refractivity contribution is -0.132. The summed E-state index contributed by atoms with van der Waals surface area (Å²) in [5, 5.41) is 8.46. The molecule has 1 rings (SSSR count). The monoisotopic (exact) mass is 240 g/mol. The van der Waals surface area contributed by atoms with Crippen LogP contribution in [0.1, 0.15) is 20.3 Å². The molecule has 1 aliphatic rings. The number of likely N-dealkylation sites (tertiary alicyclic amines) is 1. The van der Waals surface area contributed by atoms with Gasteiger partial charge in [0.15, 0.2) is 0 Å². The molecule has 1 unspecified atom stereocenters. The second kappa shape index (κ2) is 6.39. The molecule has 1 atom stereocenters. The first kappa shape index (κ1) is 13.7. The van der Waals surface area contributed by atoms with Crippen LogP contribution in [0.15, 0.2) is 12.2 Å². The maximum atomic E-state index is 11.7. The van der Waals surface area contributed by atoms with Crippen LogP contribution >= 0.6 is 0 Å². The number of rotatable bonds is 5. The van der Waals surface area contributed by atoms with Crippen LogP contribution in [0.5, 0.6) is 0 Å². The van der Waals surface area contributed by atoms with Crippen molar-refractivity contribution in [1.82, 2.24) is 9.80 Å². The number of carboxylic acids is 1. The van der Waals surface area contributed by atoms with Crippen molar-refractivity contribution in [3.05, 3.63) is 12.2 Å². The van der Waals surface area contributed by atoms with Gasteiger partial charge in [0, 0.05) is 31.3 Å². The van der Waals surface area contributed by atoms with E-state index < -0.39 is 5.97 Å². The molecule has 1 N–H and O–H groups in total. The lowest BCUT2D eigenvalue weighted by atomic mass is 10.2. The van der Waals surface area contributed by atoms with Gasteiger partial charge in [0.2, 0.25) is 5.91 Å². The van der Waals surface area contributed by atoms with Gasteiger partial charge in [-0.25, -0.2) is 4.79 Å². The van der Waals surface area contributed by atoms with E-state index in [0.29, 0.717) is 19.1 Å². The van der Waals surface area contributed by atoms with Gasteiger partial charge in [-0.05, 0) is 19.5 Å². The Kier molecular flexibility index (Phi) is 5.15. The molecule has 0 saturated carbocycles. The molecule has 1 fully saturated rings. The molecule has 1 heterocycles. The first-order valence-corrected chi connectivity index (χ1v) is 6.02. The average Bonchev–Trinajstić information content (AvgIpc) is 2.77. The van der Waals surface area contributed by atoms with Gasteiger partial charge >= 0.3 is 5.97 Å². The van der Waals surface area contributed by atoms with Crippen molar-refractivity contribution in [3.8, 4) is 0 Å². The van der Waals surface area contributed by atoms with Gasteiger partial charge in [0.25, 0.3) is 0 Å². The third-order valence-electron chi connectivity index (χ3n) is 3.17. The number of carbonyl (C=O) groups excluding carboxylic acids is 1. The van der Waals surface area contributed by atoms with Gasteiger partial charge in [-0.3, -0.25) is 9.69 Å². The largest absolute Gasteiger partial charge is 0.478 e. The zero-order chi connectivity index (χ0) is 12.8. The van der Waals surface area contributed by atoms with Crippen LogP contribution in [0.3, 0.4) is 0 Å². The van der Waals surface area contributed by atoms with Gasteiger partial charge in [-0.1, -0.05) is 13.8 Å². The summed E-state index contributed by atoms with van der Waals surface area (Å²) in [7, 11) is 0. The van der Waals surface area contributed by atoms with Crippen LogP contribution in [0.4, 0.5) is 0 Å². The normalized spacial score (nSPS) is 20.4. The van der Waals surface area contributed by atoms with Crippen molar-refractivity contribution in [1.29, 1.82) is 0 Å². The molecule has 0 aromatic rings. The third-order valence-corrected chi connectivity index (χ3v) is 3.17. The number of carboxylic acid groups (broad SMARTS) is 1. The highest BCUT2D eigenvalue weighted by atomic mass is 16.4. The summed E-state index contributed by atoms with van der Waals surface area (Å²) in [5.74, 6) is -1.29. The van der Waals surface area contributed by atoms with Crippen LogP contribution in [-0.4, -0.2) is 59.0 Å². The summed E-state index contributed by atoms with van der Waals surface area (Å²) >= 11 is 0. The highest BCUT2D eigenvalue weighted by Gasteiger charge is 2.27. The Bertz CT molecular complexity index is 311. The molecule has 17 heavy (non-hydrogen) atoms. The van der Waals surface area contributed by atoms with Gasteiger partial charge in [-0.15, -0.1) is 0 Å². The van der Waals surface area contributed by atoms with Gasteiger partial charge in [0.1, 0.15) is 0 Å². The maximum absolute atomic E-state index is 11.7. The Morgan fingerprint density at radius 1 is 1.35 bits per heavy atom. The predicted molar refractivity (Wildman–Crippen MR) is 64.7 cm³/mol. The van der Waals surface area contributed by atoms with E-state index in [1.165, 1.54) is 0 Å². The summed E-state index contributed by atoms with van der Waals surface area (Å²) in [5.41, 5.74) is 0. The number of hydrogen-bond donors (Lipinski definition) is 1. The van der Waals surface area contributed by atoms with Crippen molar-refractivity contribution >= 4 is 11.9 Å². The Hall–Kier alpha value is -1.36. The molecule has 1 saturated heterocycles. The van der Waals surface area contributed by atoms with E-state index >= 15 is 0 Å². The Morgan fingerprint density at radius 3 is 2.53 bits per heavy atom. The zero-order valence-corrected chi connectivity index (χ0v) is 10.4. The maximum Gasteiger partial charge on any atom is 0.328 e. The van der Waals surface area contributed by atoms with Crippen molar-refractivity contribution < 1.29 is 14.7 Å². The fraction of sp³-hybridized carbons (Fsp3) is 0.667. The first-order chi connectivity index (χ1) is 8.08. The van der Waals surface area contributed by atoms with Crippen LogP contribution < -0.4 is 0 Å². The lowest BCUT2D eigenvalue weighted by Gasteiger charge is -2.25. The van der Waals surface area contributed by atoms with E-state index in [-0.39, 0.29) is 5.91 Å². The number of amides is 1. The van der Waals surface area contributed by atoms with Gasteiger partial charge in [-0.2, -0.15) is 0 Å². The fourth-order valence-corrected chi connectivity index (χ4v) is 2.23. The number of carbonyl (C=O) groups is 2. The molecule has 0 bridgehead atoms. The third kappa shape index (κ3) is 3.85. The molecule has 0 aliphatic carbocycles. The van der Waals surface area contributed by atoms with E-state index in [1.54, 1.807) is 4.90 Å². The molecule has 1 amide bonds. The van der Waals surface area contributed by atoms with E-state index in [4.69, 9.17) is 5.11 Å².